The normalized spacial score (nSPS) is 16.5. The van der Waals surface area contributed by atoms with E-state index in [0.29, 0.717) is 33.5 Å². The number of fused-ring (bicyclic) bond motifs is 6. The first-order valence-electron chi connectivity index (χ1n) is 13.0. The zero-order chi connectivity index (χ0) is 32.1. The molecule has 0 saturated heterocycles. The highest BCUT2D eigenvalue weighted by atomic mass is 35.5. The van der Waals surface area contributed by atoms with Crippen molar-refractivity contribution >= 4 is 23.5 Å². The summed E-state index contributed by atoms with van der Waals surface area (Å²) >= 11 is 5.80. The number of carboxylic acid groups (broad SMARTS) is 1. The van der Waals surface area contributed by atoms with Gasteiger partial charge in [0.1, 0.15) is 34.2 Å². The summed E-state index contributed by atoms with van der Waals surface area (Å²) in [6, 6.07) is 8.08. The van der Waals surface area contributed by atoms with E-state index in [4.69, 9.17) is 16.3 Å². The minimum atomic E-state index is -5.01. The zero-order valence-corrected chi connectivity index (χ0v) is 23.7. The molecule has 1 aliphatic rings. The van der Waals surface area contributed by atoms with E-state index in [0.717, 1.165) is 12.1 Å². The topological polar surface area (TPSA) is 97.6 Å². The van der Waals surface area contributed by atoms with Crippen LogP contribution in [-0.4, -0.2) is 21.6 Å². The van der Waals surface area contributed by atoms with Crippen molar-refractivity contribution in [3.05, 3.63) is 116 Å². The summed E-state index contributed by atoms with van der Waals surface area (Å²) < 4.78 is 78.1. The number of pyridine rings is 1. The Morgan fingerprint density at radius 2 is 1.75 bits per heavy atom. The molecule has 3 aromatic carbocycles. The number of hydrogen-bond acceptors (Lipinski definition) is 4. The van der Waals surface area contributed by atoms with E-state index >= 15 is 8.78 Å². The summed E-state index contributed by atoms with van der Waals surface area (Å²) in [4.78, 5) is 39.0. The van der Waals surface area contributed by atoms with Crippen molar-refractivity contribution in [1.82, 2.24) is 9.88 Å². The second-order valence-electron chi connectivity index (χ2n) is 10.2. The Kier molecular flexibility index (Phi) is 7.98. The summed E-state index contributed by atoms with van der Waals surface area (Å²) in [5.74, 6) is -4.28. The molecule has 44 heavy (non-hydrogen) atoms. The van der Waals surface area contributed by atoms with Crippen LogP contribution in [0.5, 0.6) is 11.5 Å². The van der Waals surface area contributed by atoms with Gasteiger partial charge in [0.25, 0.3) is 5.56 Å². The van der Waals surface area contributed by atoms with Crippen LogP contribution in [-0.2, 0) is 15.8 Å². The Bertz CT molecular complexity index is 1890. The maximum absolute atomic E-state index is 15.7. The maximum atomic E-state index is 15.7. The van der Waals surface area contributed by atoms with E-state index in [9.17, 15) is 32.7 Å². The summed E-state index contributed by atoms with van der Waals surface area (Å²) in [5, 5.41) is 10.8. The van der Waals surface area contributed by atoms with Crippen LogP contribution in [0.25, 0.3) is 11.1 Å². The van der Waals surface area contributed by atoms with E-state index in [-0.39, 0.29) is 22.6 Å². The molecule has 7 nitrogen and oxygen atoms in total. The number of alkyl halides is 3. The van der Waals surface area contributed by atoms with Gasteiger partial charge in [0.15, 0.2) is 0 Å². The molecule has 1 amide bonds. The average Bonchev–Trinajstić information content (AvgIpc) is 2.93. The van der Waals surface area contributed by atoms with Crippen molar-refractivity contribution in [3.8, 4) is 22.6 Å². The molecule has 2 unspecified atom stereocenters. The smallest absolute Gasteiger partial charge is 0.418 e. The van der Waals surface area contributed by atoms with Gasteiger partial charge in [-0.3, -0.25) is 19.0 Å². The number of aliphatic carboxylic acids is 1. The highest BCUT2D eigenvalue weighted by Gasteiger charge is 2.37. The number of benzene rings is 3. The fourth-order valence-electron chi connectivity index (χ4n) is 5.24. The first-order valence-corrected chi connectivity index (χ1v) is 13.4. The lowest BCUT2D eigenvalue weighted by atomic mass is 9.92. The third-order valence-electron chi connectivity index (χ3n) is 7.26. The molecule has 0 spiro atoms. The number of ether oxygens (including phenoxy) is 1. The highest BCUT2D eigenvalue weighted by Crippen LogP contribution is 2.40. The Morgan fingerprint density at radius 3 is 2.43 bits per heavy atom. The Hall–Kier alpha value is -4.71. The number of rotatable bonds is 3. The molecule has 228 valence electrons. The van der Waals surface area contributed by atoms with Crippen LogP contribution < -0.4 is 15.6 Å². The predicted octanol–water partition coefficient (Wildman–Crippen LogP) is 7.11. The van der Waals surface area contributed by atoms with Gasteiger partial charge in [-0.2, -0.15) is 13.2 Å². The zero-order valence-electron chi connectivity index (χ0n) is 22.9. The molecule has 1 aliphatic heterocycles. The molecular weight excluding hydrogens is 611 g/mol. The van der Waals surface area contributed by atoms with Crippen LogP contribution in [0.4, 0.5) is 22.0 Å². The number of amides is 1. The SMILES string of the molecule is Cc1cc2cc(c1F)C(CC(=O)O)NC(=O)C(n1ccc(C(F)(F)F)c(Cl)c1=O)c1cc(ccc1F)Oc1cccc(C)c1-2. The molecule has 13 heteroatoms. The fourth-order valence-corrected chi connectivity index (χ4v) is 5.51. The number of halogens is 6. The standard InChI is InChI=1S/C31H22ClF5N2O5/c1-14-4-3-5-23-25(14)16-10-15(2)27(34)19(11-16)22(13-24(40)41)38-29(42)28(18-12-17(44-23)6-7-21(18)33)39-9-8-20(31(35,36)37)26(32)30(39)43/h3-12,22,28H,13H2,1-2H3,(H,38,42)(H,40,41). The monoisotopic (exact) mass is 632 g/mol. The van der Waals surface area contributed by atoms with Crippen LogP contribution in [0, 0.1) is 25.5 Å². The molecule has 1 aromatic heterocycles. The molecule has 0 radical (unpaired) electrons. The van der Waals surface area contributed by atoms with Gasteiger partial charge in [0.05, 0.1) is 18.0 Å². The Balaban J connectivity index is 1.83. The number of nitrogens with one attached hydrogen (secondary N) is 1. The molecule has 0 aliphatic carbocycles. The molecule has 2 N–H and O–H groups in total. The molecule has 4 aromatic rings. The quantitative estimate of drug-likeness (QED) is 0.235. The van der Waals surface area contributed by atoms with Crippen molar-refractivity contribution in [2.45, 2.75) is 38.5 Å². The van der Waals surface area contributed by atoms with Crippen molar-refractivity contribution in [1.29, 1.82) is 0 Å². The molecule has 2 heterocycles. The first-order chi connectivity index (χ1) is 20.7. The second-order valence-corrected chi connectivity index (χ2v) is 10.6. The minimum Gasteiger partial charge on any atom is -0.481 e. The van der Waals surface area contributed by atoms with Crippen LogP contribution in [0.3, 0.4) is 0 Å². The number of aromatic nitrogens is 1. The van der Waals surface area contributed by atoms with Gasteiger partial charge in [-0.1, -0.05) is 23.7 Å². The minimum absolute atomic E-state index is 0.00232. The Morgan fingerprint density at radius 1 is 1.02 bits per heavy atom. The summed E-state index contributed by atoms with van der Waals surface area (Å²) in [7, 11) is 0. The summed E-state index contributed by atoms with van der Waals surface area (Å²) in [6.07, 6.45) is -5.22. The lowest BCUT2D eigenvalue weighted by Crippen LogP contribution is -2.41. The summed E-state index contributed by atoms with van der Waals surface area (Å²) in [5.41, 5.74) is -1.95. The van der Waals surface area contributed by atoms with Gasteiger partial charge in [-0.15, -0.1) is 0 Å². The van der Waals surface area contributed by atoms with Crippen molar-refractivity contribution < 1.29 is 41.4 Å². The van der Waals surface area contributed by atoms with Crippen LogP contribution in [0.1, 0.15) is 46.3 Å². The van der Waals surface area contributed by atoms with Gasteiger partial charge in [-0.05, 0) is 73.0 Å². The van der Waals surface area contributed by atoms with E-state index in [2.05, 4.69) is 5.32 Å². The van der Waals surface area contributed by atoms with Crippen LogP contribution in [0.15, 0.2) is 65.6 Å². The third-order valence-corrected chi connectivity index (χ3v) is 7.62. The van der Waals surface area contributed by atoms with Gasteiger partial charge < -0.3 is 15.2 Å². The fraction of sp³-hybridized carbons (Fsp3) is 0.194. The van der Waals surface area contributed by atoms with E-state index in [1.807, 2.05) is 0 Å². The third kappa shape index (κ3) is 5.64. The molecule has 0 fully saturated rings. The van der Waals surface area contributed by atoms with Crippen molar-refractivity contribution in [2.24, 2.45) is 0 Å². The molecule has 4 bridgehead atoms. The van der Waals surface area contributed by atoms with Crippen LogP contribution in [0.2, 0.25) is 5.02 Å². The largest absolute Gasteiger partial charge is 0.481 e. The molecule has 0 saturated carbocycles. The first kappa shape index (κ1) is 30.7. The van der Waals surface area contributed by atoms with Gasteiger partial charge in [0, 0.05) is 22.9 Å². The number of hydrogen-bond donors (Lipinski definition) is 2. The Labute approximate surface area is 251 Å². The number of carboxylic acids is 1. The molecule has 2 atom stereocenters. The average molecular weight is 633 g/mol. The van der Waals surface area contributed by atoms with E-state index in [1.54, 1.807) is 25.1 Å². The van der Waals surface area contributed by atoms with Gasteiger partial charge in [0.2, 0.25) is 5.91 Å². The predicted molar refractivity (Wildman–Crippen MR) is 150 cm³/mol. The van der Waals surface area contributed by atoms with Gasteiger partial charge >= 0.3 is 12.1 Å². The molecular formula is C31H22ClF5N2O5. The highest BCUT2D eigenvalue weighted by molar-refractivity contribution is 6.31. The van der Waals surface area contributed by atoms with Crippen molar-refractivity contribution in [3.63, 3.8) is 0 Å². The summed E-state index contributed by atoms with van der Waals surface area (Å²) in [6.45, 7) is 3.21. The molecule has 5 rings (SSSR count). The maximum Gasteiger partial charge on any atom is 0.418 e. The second kappa shape index (κ2) is 11.4. The number of aryl methyl sites for hydroxylation is 2. The lowest BCUT2D eigenvalue weighted by Gasteiger charge is -2.25. The number of carbonyl (C=O) groups is 2. The van der Waals surface area contributed by atoms with Crippen molar-refractivity contribution in [2.75, 3.05) is 0 Å². The number of nitrogens with zero attached hydrogens (tertiary/aromatic N) is 1. The number of carbonyl (C=O) groups excluding carboxylic acids is 1. The van der Waals surface area contributed by atoms with E-state index in [1.165, 1.54) is 25.1 Å². The van der Waals surface area contributed by atoms with Gasteiger partial charge in [-0.25, -0.2) is 8.78 Å². The van der Waals surface area contributed by atoms with Crippen LogP contribution >= 0.6 is 11.6 Å². The van der Waals surface area contributed by atoms with E-state index < -0.39 is 69.9 Å². The lowest BCUT2D eigenvalue weighted by molar-refractivity contribution is -0.138.